The number of nitrogens with one attached hydrogen (secondary N) is 2. The number of rotatable bonds is 3. The predicted octanol–water partition coefficient (Wildman–Crippen LogP) is 1.62. The average Bonchev–Trinajstić information content (AvgIpc) is 2.32. The number of carbonyl (C=O) groups is 1. The molecule has 110 valence electrons. The van der Waals surface area contributed by atoms with Crippen LogP contribution < -0.4 is 10.2 Å². The van der Waals surface area contributed by atoms with Crippen LogP contribution in [0.4, 0.5) is 5.69 Å². The summed E-state index contributed by atoms with van der Waals surface area (Å²) in [7, 11) is 0. The van der Waals surface area contributed by atoms with E-state index in [1.165, 1.54) is 4.90 Å². The fraction of sp³-hybridized carbons (Fsp3) is 0.500. The van der Waals surface area contributed by atoms with Crippen molar-refractivity contribution in [2.45, 2.75) is 26.1 Å². The monoisotopic (exact) mass is 317 g/mol. The molecule has 0 aliphatic carbocycles. The lowest BCUT2D eigenvalue weighted by Gasteiger charge is -2.31. The maximum Gasteiger partial charge on any atom is 0.279 e. The van der Waals surface area contributed by atoms with Crippen LogP contribution in [0.15, 0.2) is 18.2 Å². The fourth-order valence-electron chi connectivity index (χ4n) is 2.55. The van der Waals surface area contributed by atoms with Crippen LogP contribution >= 0.6 is 23.2 Å². The molecule has 6 heteroatoms. The molecular formula is C14H19Cl2N2O2+. The Hall–Kier alpha value is -0.810. The highest BCUT2D eigenvalue weighted by atomic mass is 35.5. The topological polar surface area (TPSA) is 42.8 Å². The maximum absolute atomic E-state index is 12.1. The van der Waals surface area contributed by atoms with Crippen molar-refractivity contribution in [2.75, 3.05) is 25.0 Å². The summed E-state index contributed by atoms with van der Waals surface area (Å²) in [6, 6.07) is 5.02. The maximum atomic E-state index is 12.1. The van der Waals surface area contributed by atoms with E-state index in [-0.39, 0.29) is 18.1 Å². The zero-order chi connectivity index (χ0) is 14.7. The van der Waals surface area contributed by atoms with Gasteiger partial charge in [-0.3, -0.25) is 4.79 Å². The average molecular weight is 318 g/mol. The van der Waals surface area contributed by atoms with Crippen molar-refractivity contribution < 1.29 is 14.4 Å². The number of hydrogen-bond donors (Lipinski definition) is 2. The number of quaternary nitrogens is 1. The van der Waals surface area contributed by atoms with Gasteiger partial charge in [-0.05, 0) is 32.0 Å². The Morgan fingerprint density at radius 1 is 1.35 bits per heavy atom. The number of ether oxygens (including phenoxy) is 1. The van der Waals surface area contributed by atoms with Crippen LogP contribution in [-0.2, 0) is 9.53 Å². The molecule has 1 unspecified atom stereocenters. The van der Waals surface area contributed by atoms with Crippen LogP contribution in [0.1, 0.15) is 13.8 Å². The number of amides is 1. The van der Waals surface area contributed by atoms with E-state index in [1.54, 1.807) is 18.2 Å². The molecule has 1 heterocycles. The fourth-order valence-corrected chi connectivity index (χ4v) is 2.89. The van der Waals surface area contributed by atoms with Crippen LogP contribution in [0, 0.1) is 0 Å². The van der Waals surface area contributed by atoms with Crippen molar-refractivity contribution >= 4 is 34.8 Å². The van der Waals surface area contributed by atoms with Gasteiger partial charge in [-0.2, -0.15) is 0 Å². The predicted molar refractivity (Wildman–Crippen MR) is 80.7 cm³/mol. The Labute approximate surface area is 129 Å². The van der Waals surface area contributed by atoms with Crippen molar-refractivity contribution in [2.24, 2.45) is 0 Å². The van der Waals surface area contributed by atoms with E-state index in [1.807, 2.05) is 13.8 Å². The lowest BCUT2D eigenvalue weighted by atomic mass is 10.2. The van der Waals surface area contributed by atoms with Gasteiger partial charge in [0.15, 0.2) is 6.54 Å². The summed E-state index contributed by atoms with van der Waals surface area (Å²) in [4.78, 5) is 13.3. The molecule has 0 aromatic heterocycles. The molecule has 20 heavy (non-hydrogen) atoms. The van der Waals surface area contributed by atoms with Gasteiger partial charge in [0.25, 0.3) is 5.91 Å². The molecule has 3 atom stereocenters. The summed E-state index contributed by atoms with van der Waals surface area (Å²) < 4.78 is 5.66. The van der Waals surface area contributed by atoms with E-state index in [4.69, 9.17) is 27.9 Å². The van der Waals surface area contributed by atoms with Gasteiger partial charge in [0.1, 0.15) is 25.3 Å². The SMILES string of the molecule is C[C@@H]1C[NH+](CC(=O)Nc2cc(Cl)ccc2Cl)C[C@H](C)O1. The lowest BCUT2D eigenvalue weighted by molar-refractivity contribution is -0.907. The third kappa shape index (κ3) is 4.35. The Balaban J connectivity index is 1.93. The normalized spacial score (nSPS) is 26.3. The molecule has 1 aromatic carbocycles. The highest BCUT2D eigenvalue weighted by Gasteiger charge is 2.27. The van der Waals surface area contributed by atoms with E-state index in [0.717, 1.165) is 13.1 Å². The number of hydrogen-bond acceptors (Lipinski definition) is 2. The summed E-state index contributed by atoms with van der Waals surface area (Å²) in [5, 5.41) is 3.85. The smallest absolute Gasteiger partial charge is 0.279 e. The Morgan fingerprint density at radius 2 is 2.00 bits per heavy atom. The van der Waals surface area contributed by atoms with E-state index in [0.29, 0.717) is 22.3 Å². The van der Waals surface area contributed by atoms with E-state index >= 15 is 0 Å². The Kier molecular flexibility index (Phi) is 5.27. The third-order valence-corrected chi connectivity index (χ3v) is 3.79. The van der Waals surface area contributed by atoms with Crippen molar-refractivity contribution in [3.63, 3.8) is 0 Å². The summed E-state index contributed by atoms with van der Waals surface area (Å²) in [6.45, 7) is 6.13. The standard InChI is InChI=1S/C14H18Cl2N2O2/c1-9-6-18(7-10(2)20-9)8-14(19)17-13-5-11(15)3-4-12(13)16/h3-5,9-10H,6-8H2,1-2H3,(H,17,19)/p+1/t9-,10+. The third-order valence-electron chi connectivity index (χ3n) is 3.23. The molecule has 0 radical (unpaired) electrons. The molecule has 2 N–H and O–H groups in total. The van der Waals surface area contributed by atoms with Gasteiger partial charge < -0.3 is 15.0 Å². The van der Waals surface area contributed by atoms with E-state index in [9.17, 15) is 4.79 Å². The molecule has 0 bridgehead atoms. The largest absolute Gasteiger partial charge is 0.364 e. The van der Waals surface area contributed by atoms with Crippen LogP contribution in [0.3, 0.4) is 0 Å². The van der Waals surface area contributed by atoms with Crippen LogP contribution in [0.2, 0.25) is 10.0 Å². The van der Waals surface area contributed by atoms with Gasteiger partial charge in [-0.15, -0.1) is 0 Å². The highest BCUT2D eigenvalue weighted by Crippen LogP contribution is 2.25. The number of carbonyl (C=O) groups excluding carboxylic acids is 1. The Bertz CT molecular complexity index is 486. The number of morpholine rings is 1. The first-order valence-corrected chi connectivity index (χ1v) is 7.43. The van der Waals surface area contributed by atoms with Crippen molar-refractivity contribution in [3.05, 3.63) is 28.2 Å². The zero-order valence-electron chi connectivity index (χ0n) is 11.6. The summed E-state index contributed by atoms with van der Waals surface area (Å²) in [5.74, 6) is -0.0644. The molecule has 1 amide bonds. The van der Waals surface area contributed by atoms with Crippen LogP contribution in [-0.4, -0.2) is 37.7 Å². The molecule has 1 aromatic rings. The molecule has 2 rings (SSSR count). The van der Waals surface area contributed by atoms with Gasteiger partial charge in [0.05, 0.1) is 10.7 Å². The first-order chi connectivity index (χ1) is 9.44. The summed E-state index contributed by atoms with van der Waals surface area (Å²) in [5.41, 5.74) is 0.554. The van der Waals surface area contributed by atoms with Crippen molar-refractivity contribution in [1.29, 1.82) is 0 Å². The van der Waals surface area contributed by atoms with Gasteiger partial charge in [0, 0.05) is 5.02 Å². The van der Waals surface area contributed by atoms with Crippen LogP contribution in [0.25, 0.3) is 0 Å². The highest BCUT2D eigenvalue weighted by molar-refractivity contribution is 6.35. The summed E-state index contributed by atoms with van der Waals surface area (Å²) in [6.07, 6.45) is 0.354. The molecule has 0 spiro atoms. The Morgan fingerprint density at radius 3 is 2.65 bits per heavy atom. The molecular weight excluding hydrogens is 299 g/mol. The van der Waals surface area contributed by atoms with Gasteiger partial charge in [-0.1, -0.05) is 23.2 Å². The second-order valence-corrected chi connectivity index (χ2v) is 6.11. The zero-order valence-corrected chi connectivity index (χ0v) is 13.1. The van der Waals surface area contributed by atoms with Gasteiger partial charge in [-0.25, -0.2) is 0 Å². The molecule has 0 saturated carbocycles. The minimum absolute atomic E-state index is 0.0644. The second-order valence-electron chi connectivity index (χ2n) is 5.26. The van der Waals surface area contributed by atoms with Gasteiger partial charge >= 0.3 is 0 Å². The van der Waals surface area contributed by atoms with E-state index < -0.39 is 0 Å². The minimum Gasteiger partial charge on any atom is -0.364 e. The van der Waals surface area contributed by atoms with Crippen molar-refractivity contribution in [3.8, 4) is 0 Å². The first kappa shape index (κ1) is 15.6. The minimum atomic E-state index is -0.0644. The van der Waals surface area contributed by atoms with Crippen molar-refractivity contribution in [1.82, 2.24) is 0 Å². The molecule has 1 aliphatic rings. The molecule has 1 saturated heterocycles. The summed E-state index contributed by atoms with van der Waals surface area (Å²) >= 11 is 11.9. The van der Waals surface area contributed by atoms with Crippen LogP contribution in [0.5, 0.6) is 0 Å². The first-order valence-electron chi connectivity index (χ1n) is 6.68. The quantitative estimate of drug-likeness (QED) is 0.889. The molecule has 1 fully saturated rings. The number of benzene rings is 1. The number of halogens is 2. The second kappa shape index (κ2) is 6.76. The molecule has 1 aliphatic heterocycles. The van der Waals surface area contributed by atoms with E-state index in [2.05, 4.69) is 5.32 Å². The number of anilines is 1. The molecule has 4 nitrogen and oxygen atoms in total. The van der Waals surface area contributed by atoms with Gasteiger partial charge in [0.2, 0.25) is 0 Å². The lowest BCUT2D eigenvalue weighted by Crippen LogP contribution is -3.16.